The number of anilines is 1. The Morgan fingerprint density at radius 3 is 2.70 bits per heavy atom. The molecule has 0 saturated carbocycles. The first kappa shape index (κ1) is 17.5. The normalized spacial score (nSPS) is 16.4. The number of fused-ring (bicyclic) bond motifs is 1. The molecule has 2 aliphatic rings. The maximum atomic E-state index is 12.6. The monoisotopic (exact) mass is 369 g/mol. The van der Waals surface area contributed by atoms with Crippen molar-refractivity contribution < 1.29 is 14.3 Å². The van der Waals surface area contributed by atoms with Gasteiger partial charge in [0, 0.05) is 38.8 Å². The van der Waals surface area contributed by atoms with Gasteiger partial charge in [-0.15, -0.1) is 0 Å². The van der Waals surface area contributed by atoms with E-state index in [1.165, 1.54) is 0 Å². The molecule has 2 aromatic rings. The minimum absolute atomic E-state index is 0.214. The van der Waals surface area contributed by atoms with Crippen molar-refractivity contribution in [2.24, 2.45) is 0 Å². The fourth-order valence-corrected chi connectivity index (χ4v) is 3.19. The van der Waals surface area contributed by atoms with Crippen molar-refractivity contribution in [1.82, 2.24) is 20.2 Å². The molecule has 1 N–H and O–H groups in total. The number of hydrogen-bond acceptors (Lipinski definition) is 7. The first-order valence-electron chi connectivity index (χ1n) is 9.04. The van der Waals surface area contributed by atoms with Crippen molar-refractivity contribution in [2.75, 3.05) is 44.9 Å². The molecule has 1 saturated heterocycles. The Kier molecular flexibility index (Phi) is 4.81. The molecule has 1 amide bonds. The van der Waals surface area contributed by atoms with Crippen LogP contribution in [0, 0.1) is 6.92 Å². The van der Waals surface area contributed by atoms with Crippen LogP contribution >= 0.6 is 0 Å². The summed E-state index contributed by atoms with van der Waals surface area (Å²) in [6.45, 7) is 6.19. The number of benzene rings is 1. The lowest BCUT2D eigenvalue weighted by Gasteiger charge is -2.33. The zero-order valence-corrected chi connectivity index (χ0v) is 15.6. The summed E-state index contributed by atoms with van der Waals surface area (Å²) < 4.78 is 10.7. The highest BCUT2D eigenvalue weighted by Crippen LogP contribution is 2.32. The molecule has 1 fully saturated rings. The molecule has 1 aromatic carbocycles. The Morgan fingerprint density at radius 2 is 1.89 bits per heavy atom. The molecule has 8 nitrogen and oxygen atoms in total. The maximum Gasteiger partial charge on any atom is 0.270 e. The molecule has 27 heavy (non-hydrogen) atoms. The molecule has 0 radical (unpaired) electrons. The molecule has 0 aliphatic carbocycles. The molecule has 4 rings (SSSR count). The third-order valence-electron chi connectivity index (χ3n) is 4.77. The number of carbonyl (C=O) groups is 1. The summed E-state index contributed by atoms with van der Waals surface area (Å²) in [4.78, 5) is 25.9. The number of likely N-dealkylation sites (N-methyl/N-ethyl adjacent to an activating group) is 1. The van der Waals surface area contributed by atoms with Crippen molar-refractivity contribution in [3.05, 3.63) is 41.3 Å². The number of hydrogen-bond donors (Lipinski definition) is 1. The van der Waals surface area contributed by atoms with Crippen LogP contribution in [0.4, 0.5) is 5.82 Å². The summed E-state index contributed by atoms with van der Waals surface area (Å²) in [6, 6.07) is 7.41. The second-order valence-electron chi connectivity index (χ2n) is 6.82. The van der Waals surface area contributed by atoms with Crippen LogP contribution in [0.25, 0.3) is 0 Å². The number of nitrogens with one attached hydrogen (secondary N) is 1. The lowest BCUT2D eigenvalue weighted by molar-refractivity contribution is 0.0945. The summed E-state index contributed by atoms with van der Waals surface area (Å²) in [6.07, 6.45) is 0. The van der Waals surface area contributed by atoms with Gasteiger partial charge in [0.2, 0.25) is 6.79 Å². The van der Waals surface area contributed by atoms with Gasteiger partial charge in [-0.25, -0.2) is 9.97 Å². The average molecular weight is 369 g/mol. The van der Waals surface area contributed by atoms with E-state index in [2.05, 4.69) is 32.1 Å². The van der Waals surface area contributed by atoms with Crippen molar-refractivity contribution >= 4 is 11.7 Å². The fourth-order valence-electron chi connectivity index (χ4n) is 3.19. The van der Waals surface area contributed by atoms with Gasteiger partial charge >= 0.3 is 0 Å². The molecular weight excluding hydrogens is 346 g/mol. The fraction of sp³-hybridized carbons (Fsp3) is 0.421. The number of ether oxygens (including phenoxy) is 2. The molecular formula is C19H23N5O3. The molecule has 0 unspecified atom stereocenters. The Labute approximate surface area is 158 Å². The van der Waals surface area contributed by atoms with E-state index in [9.17, 15) is 4.79 Å². The van der Waals surface area contributed by atoms with Crippen LogP contribution in [0.1, 0.15) is 21.9 Å². The van der Waals surface area contributed by atoms with Gasteiger partial charge in [-0.1, -0.05) is 6.07 Å². The Bertz CT molecular complexity index is 849. The summed E-state index contributed by atoms with van der Waals surface area (Å²) in [5.41, 5.74) is 1.33. The van der Waals surface area contributed by atoms with Crippen molar-refractivity contribution in [1.29, 1.82) is 0 Å². The lowest BCUT2D eigenvalue weighted by atomic mass is 10.2. The largest absolute Gasteiger partial charge is 0.454 e. The van der Waals surface area contributed by atoms with Crippen LogP contribution < -0.4 is 19.7 Å². The number of rotatable bonds is 4. The van der Waals surface area contributed by atoms with Gasteiger partial charge in [0.25, 0.3) is 5.91 Å². The highest BCUT2D eigenvalue weighted by molar-refractivity contribution is 5.92. The minimum Gasteiger partial charge on any atom is -0.454 e. The molecule has 0 bridgehead atoms. The van der Waals surface area contributed by atoms with Gasteiger partial charge in [-0.2, -0.15) is 0 Å². The van der Waals surface area contributed by atoms with Gasteiger partial charge in [0.15, 0.2) is 11.5 Å². The van der Waals surface area contributed by atoms with Crippen LogP contribution in [0.5, 0.6) is 11.5 Å². The van der Waals surface area contributed by atoms with Crippen molar-refractivity contribution in [3.8, 4) is 11.5 Å². The lowest BCUT2D eigenvalue weighted by Crippen LogP contribution is -2.45. The highest BCUT2D eigenvalue weighted by Gasteiger charge is 2.19. The molecule has 2 aliphatic heterocycles. The second-order valence-corrected chi connectivity index (χ2v) is 6.82. The molecule has 0 atom stereocenters. The summed E-state index contributed by atoms with van der Waals surface area (Å²) >= 11 is 0. The van der Waals surface area contributed by atoms with Gasteiger partial charge in [-0.3, -0.25) is 4.79 Å². The second kappa shape index (κ2) is 7.40. The van der Waals surface area contributed by atoms with Crippen molar-refractivity contribution in [2.45, 2.75) is 13.5 Å². The Hall–Kier alpha value is -2.87. The molecule has 142 valence electrons. The molecule has 3 heterocycles. The van der Waals surface area contributed by atoms with E-state index >= 15 is 0 Å². The number of piperazine rings is 1. The van der Waals surface area contributed by atoms with E-state index in [4.69, 9.17) is 9.47 Å². The van der Waals surface area contributed by atoms with Gasteiger partial charge in [0.1, 0.15) is 17.3 Å². The summed E-state index contributed by atoms with van der Waals surface area (Å²) in [5, 5.41) is 2.92. The number of aromatic nitrogens is 2. The van der Waals surface area contributed by atoms with E-state index in [1.807, 2.05) is 25.1 Å². The number of nitrogens with zero attached hydrogens (tertiary/aromatic N) is 4. The molecule has 8 heteroatoms. The third kappa shape index (κ3) is 3.95. The topological polar surface area (TPSA) is 79.8 Å². The summed E-state index contributed by atoms with van der Waals surface area (Å²) in [5.74, 6) is 2.63. The van der Waals surface area contributed by atoms with E-state index in [1.54, 1.807) is 6.07 Å². The van der Waals surface area contributed by atoms with E-state index in [-0.39, 0.29) is 12.7 Å². The van der Waals surface area contributed by atoms with Gasteiger partial charge < -0.3 is 24.6 Å². The van der Waals surface area contributed by atoms with E-state index < -0.39 is 0 Å². The predicted molar refractivity (Wildman–Crippen MR) is 100 cm³/mol. The highest BCUT2D eigenvalue weighted by atomic mass is 16.7. The maximum absolute atomic E-state index is 12.6. The van der Waals surface area contributed by atoms with Crippen LogP contribution in [0.15, 0.2) is 24.3 Å². The third-order valence-corrected chi connectivity index (χ3v) is 4.77. The number of carbonyl (C=O) groups excluding carboxylic acids is 1. The standard InChI is InChI=1S/C19H23N5O3/c1-13-21-15(10-18(22-13)24-7-5-23(2)6-8-24)19(25)20-11-14-3-4-16-17(9-14)27-12-26-16/h3-4,9-10H,5-8,11-12H2,1-2H3,(H,20,25). The summed E-state index contributed by atoms with van der Waals surface area (Å²) in [7, 11) is 2.11. The SMILES string of the molecule is Cc1nc(C(=O)NCc2ccc3c(c2)OCO3)cc(N2CCN(C)CC2)n1. The first-order chi connectivity index (χ1) is 13.1. The van der Waals surface area contributed by atoms with Crippen molar-refractivity contribution in [3.63, 3.8) is 0 Å². The number of amides is 1. The molecule has 0 spiro atoms. The minimum atomic E-state index is -0.214. The molecule has 1 aromatic heterocycles. The smallest absolute Gasteiger partial charge is 0.270 e. The quantitative estimate of drug-likeness (QED) is 0.867. The first-order valence-corrected chi connectivity index (χ1v) is 9.04. The van der Waals surface area contributed by atoms with Crippen LogP contribution in [-0.4, -0.2) is 60.8 Å². The van der Waals surface area contributed by atoms with Crippen LogP contribution in [0.2, 0.25) is 0 Å². The Balaban J connectivity index is 1.43. The van der Waals surface area contributed by atoms with Gasteiger partial charge in [-0.05, 0) is 31.7 Å². The van der Waals surface area contributed by atoms with Crippen LogP contribution in [0.3, 0.4) is 0 Å². The van der Waals surface area contributed by atoms with Gasteiger partial charge in [0.05, 0.1) is 0 Å². The number of aryl methyl sites for hydroxylation is 1. The average Bonchev–Trinajstić information content (AvgIpc) is 3.14. The van der Waals surface area contributed by atoms with E-state index in [0.717, 1.165) is 43.3 Å². The predicted octanol–water partition coefficient (Wildman–Crippen LogP) is 1.20. The Morgan fingerprint density at radius 1 is 1.11 bits per heavy atom. The zero-order valence-electron chi connectivity index (χ0n) is 15.6. The van der Waals surface area contributed by atoms with Crippen LogP contribution in [-0.2, 0) is 6.54 Å². The van der Waals surface area contributed by atoms with E-state index in [0.29, 0.717) is 23.8 Å². The zero-order chi connectivity index (χ0) is 18.8.